The number of hydrogen-bond donors (Lipinski definition) is 2. The van der Waals surface area contributed by atoms with Gasteiger partial charge in [-0.2, -0.15) is 0 Å². The second-order valence-electron chi connectivity index (χ2n) is 7.37. The van der Waals surface area contributed by atoms with Crippen LogP contribution in [0.1, 0.15) is 16.2 Å². The lowest BCUT2D eigenvalue weighted by molar-refractivity contribution is -0.116. The van der Waals surface area contributed by atoms with Crippen molar-refractivity contribution >= 4 is 40.1 Å². The summed E-state index contributed by atoms with van der Waals surface area (Å²) in [5.41, 5.74) is 2.75. The van der Waals surface area contributed by atoms with Crippen LogP contribution >= 0.6 is 11.6 Å². The lowest BCUT2D eigenvalue weighted by Crippen LogP contribution is -2.27. The number of nitrogens with zero attached hydrogens (tertiary/aromatic N) is 2. The highest BCUT2D eigenvalue weighted by molar-refractivity contribution is 6.33. The molecule has 1 aromatic heterocycles. The van der Waals surface area contributed by atoms with Crippen molar-refractivity contribution in [2.24, 2.45) is 0 Å². The van der Waals surface area contributed by atoms with Crippen LogP contribution in [0.2, 0.25) is 5.02 Å². The smallest absolute Gasteiger partial charge is 0.252 e. The molecule has 0 aliphatic heterocycles. The van der Waals surface area contributed by atoms with E-state index in [1.807, 2.05) is 28.8 Å². The summed E-state index contributed by atoms with van der Waals surface area (Å²) in [6.07, 6.45) is 0.459. The summed E-state index contributed by atoms with van der Waals surface area (Å²) in [6, 6.07) is 21.7. The molecule has 33 heavy (non-hydrogen) atoms. The molecule has 4 aromatic rings. The zero-order valence-corrected chi connectivity index (χ0v) is 18.8. The van der Waals surface area contributed by atoms with E-state index in [4.69, 9.17) is 16.3 Å². The highest BCUT2D eigenvalue weighted by Gasteiger charge is 2.15. The predicted octanol–water partition coefficient (Wildman–Crippen LogP) is 4.31. The Morgan fingerprint density at radius 1 is 1.00 bits per heavy atom. The van der Waals surface area contributed by atoms with Gasteiger partial charge in [0, 0.05) is 18.7 Å². The van der Waals surface area contributed by atoms with Crippen LogP contribution in [0.25, 0.3) is 11.0 Å². The number of imidazole rings is 1. The highest BCUT2D eigenvalue weighted by atomic mass is 35.5. The van der Waals surface area contributed by atoms with Crippen molar-refractivity contribution in [3.63, 3.8) is 0 Å². The Balaban J connectivity index is 1.46. The van der Waals surface area contributed by atoms with Gasteiger partial charge in [0.2, 0.25) is 5.91 Å². The van der Waals surface area contributed by atoms with Gasteiger partial charge >= 0.3 is 0 Å². The number of para-hydroxylation sites is 2. The monoisotopic (exact) mass is 462 g/mol. The SMILES string of the molecule is COc1ccc(NC(=O)Cn2c(CCNC(=O)c3ccccc3Cl)nc3ccccc32)cc1. The van der Waals surface area contributed by atoms with Crippen LogP contribution in [-0.4, -0.2) is 35.0 Å². The van der Waals surface area contributed by atoms with E-state index < -0.39 is 0 Å². The molecule has 8 heteroatoms. The highest BCUT2D eigenvalue weighted by Crippen LogP contribution is 2.19. The van der Waals surface area contributed by atoms with Gasteiger partial charge in [-0.1, -0.05) is 35.9 Å². The van der Waals surface area contributed by atoms with Crippen molar-refractivity contribution in [1.82, 2.24) is 14.9 Å². The summed E-state index contributed by atoms with van der Waals surface area (Å²) in [7, 11) is 1.59. The zero-order valence-electron chi connectivity index (χ0n) is 18.0. The fourth-order valence-corrected chi connectivity index (χ4v) is 3.76. The molecule has 4 rings (SSSR count). The van der Waals surface area contributed by atoms with E-state index in [0.717, 1.165) is 16.8 Å². The number of methoxy groups -OCH3 is 1. The van der Waals surface area contributed by atoms with Crippen LogP contribution < -0.4 is 15.4 Å². The van der Waals surface area contributed by atoms with Gasteiger partial charge in [-0.25, -0.2) is 4.98 Å². The fourth-order valence-electron chi connectivity index (χ4n) is 3.54. The van der Waals surface area contributed by atoms with Crippen molar-refractivity contribution in [3.8, 4) is 5.75 Å². The number of amides is 2. The molecule has 0 saturated heterocycles. The number of rotatable bonds is 8. The van der Waals surface area contributed by atoms with E-state index in [1.165, 1.54) is 0 Å². The number of carbonyl (C=O) groups is 2. The molecule has 0 unspecified atom stereocenters. The quantitative estimate of drug-likeness (QED) is 0.408. The van der Waals surface area contributed by atoms with Gasteiger partial charge in [0.1, 0.15) is 18.1 Å². The molecule has 3 aromatic carbocycles. The van der Waals surface area contributed by atoms with Crippen molar-refractivity contribution in [3.05, 3.63) is 89.2 Å². The van der Waals surface area contributed by atoms with Crippen LogP contribution in [0.3, 0.4) is 0 Å². The average Bonchev–Trinajstić information content (AvgIpc) is 3.17. The Labute approximate surface area is 196 Å². The molecular formula is C25H23ClN4O3. The Bertz CT molecular complexity index is 1280. The molecule has 0 spiro atoms. The third-order valence-electron chi connectivity index (χ3n) is 5.16. The topological polar surface area (TPSA) is 85.2 Å². The maximum Gasteiger partial charge on any atom is 0.252 e. The van der Waals surface area contributed by atoms with Gasteiger partial charge in [0.15, 0.2) is 0 Å². The van der Waals surface area contributed by atoms with E-state index in [-0.39, 0.29) is 18.4 Å². The standard InChI is InChI=1S/C25H23ClN4O3/c1-33-18-12-10-17(11-13-18)28-24(31)16-30-22-9-5-4-8-21(22)29-23(30)14-15-27-25(32)19-6-2-3-7-20(19)26/h2-13H,14-16H2,1H3,(H,27,32)(H,28,31). The molecular weight excluding hydrogens is 440 g/mol. The first-order valence-electron chi connectivity index (χ1n) is 10.5. The van der Waals surface area contributed by atoms with E-state index in [0.29, 0.717) is 35.1 Å². The van der Waals surface area contributed by atoms with Crippen LogP contribution in [0.4, 0.5) is 5.69 Å². The number of anilines is 1. The van der Waals surface area contributed by atoms with Gasteiger partial charge < -0.3 is 19.9 Å². The molecule has 0 saturated carbocycles. The maximum atomic E-state index is 12.8. The second kappa shape index (κ2) is 10.2. The Morgan fingerprint density at radius 2 is 1.73 bits per heavy atom. The first-order valence-corrected chi connectivity index (χ1v) is 10.8. The molecule has 7 nitrogen and oxygen atoms in total. The summed E-state index contributed by atoms with van der Waals surface area (Å²) in [5.74, 6) is 1.00. The van der Waals surface area contributed by atoms with Gasteiger partial charge in [-0.15, -0.1) is 0 Å². The van der Waals surface area contributed by atoms with Gasteiger partial charge in [-0.05, 0) is 48.5 Å². The summed E-state index contributed by atoms with van der Waals surface area (Å²) >= 11 is 6.11. The Hall–Kier alpha value is -3.84. The van der Waals surface area contributed by atoms with Crippen LogP contribution in [-0.2, 0) is 17.8 Å². The van der Waals surface area contributed by atoms with Crippen molar-refractivity contribution < 1.29 is 14.3 Å². The molecule has 1 heterocycles. The number of hydrogen-bond acceptors (Lipinski definition) is 4. The molecule has 0 aliphatic carbocycles. The largest absolute Gasteiger partial charge is 0.497 e. The van der Waals surface area contributed by atoms with E-state index in [9.17, 15) is 9.59 Å². The predicted molar refractivity (Wildman–Crippen MR) is 129 cm³/mol. The van der Waals surface area contributed by atoms with Crippen molar-refractivity contribution in [2.45, 2.75) is 13.0 Å². The third-order valence-corrected chi connectivity index (χ3v) is 5.49. The Kier molecular flexibility index (Phi) is 6.90. The molecule has 2 N–H and O–H groups in total. The fraction of sp³-hybridized carbons (Fsp3) is 0.160. The minimum atomic E-state index is -0.250. The molecule has 0 aliphatic rings. The van der Waals surface area contributed by atoms with Crippen molar-refractivity contribution in [1.29, 1.82) is 0 Å². The minimum absolute atomic E-state index is 0.0976. The summed E-state index contributed by atoms with van der Waals surface area (Å²) in [4.78, 5) is 29.9. The molecule has 168 valence electrons. The number of aromatic nitrogens is 2. The van der Waals surface area contributed by atoms with Crippen molar-refractivity contribution in [2.75, 3.05) is 19.0 Å². The molecule has 0 fully saturated rings. The molecule has 2 amide bonds. The minimum Gasteiger partial charge on any atom is -0.497 e. The molecule has 0 bridgehead atoms. The average molecular weight is 463 g/mol. The summed E-state index contributed by atoms with van der Waals surface area (Å²) in [5, 5.41) is 6.17. The van der Waals surface area contributed by atoms with Gasteiger partial charge in [0.05, 0.1) is 28.7 Å². The zero-order chi connectivity index (χ0) is 23.2. The number of ether oxygens (including phenoxy) is 1. The number of halogens is 1. The first kappa shape index (κ1) is 22.4. The summed E-state index contributed by atoms with van der Waals surface area (Å²) in [6.45, 7) is 0.452. The number of fused-ring (bicyclic) bond motifs is 1. The van der Waals surface area contributed by atoms with E-state index in [1.54, 1.807) is 55.6 Å². The number of benzene rings is 3. The number of nitrogens with one attached hydrogen (secondary N) is 2. The lowest BCUT2D eigenvalue weighted by Gasteiger charge is -2.11. The Morgan fingerprint density at radius 3 is 2.48 bits per heavy atom. The van der Waals surface area contributed by atoms with Gasteiger partial charge in [0.25, 0.3) is 5.91 Å². The third kappa shape index (κ3) is 5.32. The van der Waals surface area contributed by atoms with Crippen LogP contribution in [0.5, 0.6) is 5.75 Å². The lowest BCUT2D eigenvalue weighted by atomic mass is 10.2. The number of carbonyl (C=O) groups excluding carboxylic acids is 2. The van der Waals surface area contributed by atoms with Crippen LogP contribution in [0, 0.1) is 0 Å². The first-order chi connectivity index (χ1) is 16.0. The molecule has 0 radical (unpaired) electrons. The van der Waals surface area contributed by atoms with E-state index >= 15 is 0 Å². The molecule has 0 atom stereocenters. The van der Waals surface area contributed by atoms with E-state index in [2.05, 4.69) is 15.6 Å². The van der Waals surface area contributed by atoms with Crippen LogP contribution in [0.15, 0.2) is 72.8 Å². The second-order valence-corrected chi connectivity index (χ2v) is 7.77. The van der Waals surface area contributed by atoms with Gasteiger partial charge in [-0.3, -0.25) is 9.59 Å². The summed E-state index contributed by atoms with van der Waals surface area (Å²) < 4.78 is 7.02. The normalized spacial score (nSPS) is 10.7. The maximum absolute atomic E-state index is 12.8.